The Morgan fingerprint density at radius 3 is 2.90 bits per heavy atom. The maximum Gasteiger partial charge on any atom is 0.277 e. The van der Waals surface area contributed by atoms with Gasteiger partial charge in [-0.05, 0) is 19.9 Å². The van der Waals surface area contributed by atoms with Crippen molar-refractivity contribution >= 4 is 5.52 Å². The van der Waals surface area contributed by atoms with Crippen molar-refractivity contribution in [2.24, 2.45) is 5.73 Å². The van der Waals surface area contributed by atoms with Crippen LogP contribution in [0, 0.1) is 0 Å². The van der Waals surface area contributed by atoms with Crippen molar-refractivity contribution in [3.8, 4) is 0 Å². The Hall–Kier alpha value is -2.48. The van der Waals surface area contributed by atoms with Crippen LogP contribution in [-0.2, 0) is 12.1 Å². The third-order valence-electron chi connectivity index (χ3n) is 2.89. The molecule has 0 spiro atoms. The van der Waals surface area contributed by atoms with Gasteiger partial charge in [-0.25, -0.2) is 4.52 Å². The van der Waals surface area contributed by atoms with Gasteiger partial charge in [-0.15, -0.1) is 0 Å². The molecule has 0 aliphatic rings. The van der Waals surface area contributed by atoms with Crippen LogP contribution in [-0.4, -0.2) is 24.3 Å². The van der Waals surface area contributed by atoms with Gasteiger partial charge >= 0.3 is 0 Å². The van der Waals surface area contributed by atoms with Crippen molar-refractivity contribution in [2.45, 2.75) is 25.9 Å². The topological polar surface area (TPSA) is 104 Å². The Labute approximate surface area is 113 Å². The summed E-state index contributed by atoms with van der Waals surface area (Å²) < 4.78 is 8.12. The van der Waals surface area contributed by atoms with Gasteiger partial charge < -0.3 is 14.8 Å². The summed E-state index contributed by atoms with van der Waals surface area (Å²) in [6, 6.07) is 1.65. The second-order valence-corrected chi connectivity index (χ2v) is 5.13. The first-order valence-electron chi connectivity index (χ1n) is 6.10. The van der Waals surface area contributed by atoms with Crippen molar-refractivity contribution in [2.75, 3.05) is 0 Å². The van der Waals surface area contributed by atoms with Crippen LogP contribution in [0.2, 0.25) is 0 Å². The molecule has 8 nitrogen and oxygen atoms in total. The summed E-state index contributed by atoms with van der Waals surface area (Å²) in [5.74, 6) is 0.746. The highest BCUT2D eigenvalue weighted by Gasteiger charge is 2.21. The summed E-state index contributed by atoms with van der Waals surface area (Å²) >= 11 is 0. The normalized spacial score (nSPS) is 12.2. The standard InChI is InChI=1S/C12H14N6O2/c1-12(2,13)11-15-9(20-16-11)7-17-5-6-18-8(10(17)19)3-4-14-18/h3-6H,7,13H2,1-2H3. The molecule has 0 saturated heterocycles. The van der Waals surface area contributed by atoms with Gasteiger partial charge in [0, 0.05) is 12.4 Å². The van der Waals surface area contributed by atoms with E-state index in [4.69, 9.17) is 10.3 Å². The van der Waals surface area contributed by atoms with Gasteiger partial charge in [0.05, 0.1) is 11.7 Å². The van der Waals surface area contributed by atoms with E-state index in [0.717, 1.165) is 0 Å². The zero-order chi connectivity index (χ0) is 14.3. The summed E-state index contributed by atoms with van der Waals surface area (Å²) in [5.41, 5.74) is 5.53. The summed E-state index contributed by atoms with van der Waals surface area (Å²) in [6.45, 7) is 3.77. The minimum Gasteiger partial charge on any atom is -0.337 e. The molecule has 0 atom stereocenters. The quantitative estimate of drug-likeness (QED) is 0.727. The number of aromatic nitrogens is 5. The van der Waals surface area contributed by atoms with E-state index >= 15 is 0 Å². The SMILES string of the molecule is CC(C)(N)c1noc(Cn2ccn3nccc3c2=O)n1. The highest BCUT2D eigenvalue weighted by atomic mass is 16.5. The molecule has 0 aliphatic carbocycles. The third kappa shape index (κ3) is 2.10. The Morgan fingerprint density at radius 2 is 2.20 bits per heavy atom. The van der Waals surface area contributed by atoms with Crippen molar-refractivity contribution < 1.29 is 4.52 Å². The lowest BCUT2D eigenvalue weighted by atomic mass is 10.1. The van der Waals surface area contributed by atoms with E-state index in [2.05, 4.69) is 15.2 Å². The van der Waals surface area contributed by atoms with E-state index in [1.807, 2.05) is 0 Å². The monoisotopic (exact) mass is 274 g/mol. The van der Waals surface area contributed by atoms with Gasteiger partial charge in [0.2, 0.25) is 5.89 Å². The number of fused-ring (bicyclic) bond motifs is 1. The van der Waals surface area contributed by atoms with E-state index in [1.54, 1.807) is 38.5 Å². The van der Waals surface area contributed by atoms with E-state index < -0.39 is 5.54 Å². The van der Waals surface area contributed by atoms with Crippen molar-refractivity contribution in [1.29, 1.82) is 0 Å². The maximum absolute atomic E-state index is 12.2. The molecule has 8 heteroatoms. The molecular formula is C12H14N6O2. The highest BCUT2D eigenvalue weighted by Crippen LogP contribution is 2.12. The molecule has 0 fully saturated rings. The van der Waals surface area contributed by atoms with Crippen LogP contribution in [0.15, 0.2) is 34.0 Å². The predicted octanol–water partition coefficient (Wildman–Crippen LogP) is 0.121. The average molecular weight is 274 g/mol. The van der Waals surface area contributed by atoms with Gasteiger partial charge in [0.1, 0.15) is 12.1 Å². The Morgan fingerprint density at radius 1 is 1.40 bits per heavy atom. The molecule has 0 amide bonds. The molecule has 3 aromatic rings. The van der Waals surface area contributed by atoms with Crippen LogP contribution in [0.25, 0.3) is 5.52 Å². The molecule has 0 aromatic carbocycles. The van der Waals surface area contributed by atoms with Gasteiger partial charge in [-0.2, -0.15) is 10.1 Å². The van der Waals surface area contributed by atoms with E-state index in [9.17, 15) is 4.79 Å². The van der Waals surface area contributed by atoms with Crippen LogP contribution in [0.4, 0.5) is 0 Å². The van der Waals surface area contributed by atoms with Crippen molar-refractivity contribution in [1.82, 2.24) is 24.3 Å². The second kappa shape index (κ2) is 4.27. The molecular weight excluding hydrogens is 260 g/mol. The van der Waals surface area contributed by atoms with Crippen molar-refractivity contribution in [3.63, 3.8) is 0 Å². The number of hydrogen-bond donors (Lipinski definition) is 1. The lowest BCUT2D eigenvalue weighted by Crippen LogP contribution is -2.30. The minimum atomic E-state index is -0.678. The number of hydrogen-bond acceptors (Lipinski definition) is 6. The molecule has 0 radical (unpaired) electrons. The average Bonchev–Trinajstić information content (AvgIpc) is 3.01. The van der Waals surface area contributed by atoms with Gasteiger partial charge in [0.25, 0.3) is 5.56 Å². The van der Waals surface area contributed by atoms with Crippen LogP contribution < -0.4 is 11.3 Å². The fourth-order valence-corrected chi connectivity index (χ4v) is 1.81. The second-order valence-electron chi connectivity index (χ2n) is 5.13. The minimum absolute atomic E-state index is 0.170. The smallest absolute Gasteiger partial charge is 0.277 e. The molecule has 0 unspecified atom stereocenters. The Balaban J connectivity index is 1.95. The summed E-state index contributed by atoms with van der Waals surface area (Å²) in [4.78, 5) is 16.4. The lowest BCUT2D eigenvalue weighted by Gasteiger charge is -2.11. The first-order valence-corrected chi connectivity index (χ1v) is 6.10. The summed E-state index contributed by atoms with van der Waals surface area (Å²) in [7, 11) is 0. The first-order chi connectivity index (χ1) is 9.45. The molecule has 3 rings (SSSR count). The number of rotatable bonds is 3. The van der Waals surface area contributed by atoms with Crippen LogP contribution in [0.1, 0.15) is 25.6 Å². The van der Waals surface area contributed by atoms with E-state index in [1.165, 1.54) is 9.08 Å². The Bertz CT molecular complexity index is 807. The highest BCUT2D eigenvalue weighted by molar-refractivity contribution is 5.42. The molecule has 0 saturated carbocycles. The van der Waals surface area contributed by atoms with Crippen LogP contribution in [0.5, 0.6) is 0 Å². The largest absolute Gasteiger partial charge is 0.337 e. The molecule has 0 aliphatic heterocycles. The maximum atomic E-state index is 12.2. The Kier molecular flexibility index (Phi) is 2.68. The first kappa shape index (κ1) is 12.5. The molecule has 0 bridgehead atoms. The molecule has 3 heterocycles. The summed E-state index contributed by atoms with van der Waals surface area (Å²) in [5, 5.41) is 7.82. The van der Waals surface area contributed by atoms with Gasteiger partial charge in [0.15, 0.2) is 5.82 Å². The molecule has 20 heavy (non-hydrogen) atoms. The third-order valence-corrected chi connectivity index (χ3v) is 2.89. The summed E-state index contributed by atoms with van der Waals surface area (Å²) in [6.07, 6.45) is 4.89. The van der Waals surface area contributed by atoms with Gasteiger partial charge in [-0.3, -0.25) is 4.79 Å². The molecule has 2 N–H and O–H groups in total. The van der Waals surface area contributed by atoms with Crippen molar-refractivity contribution in [3.05, 3.63) is 46.7 Å². The predicted molar refractivity (Wildman–Crippen MR) is 70.1 cm³/mol. The fraction of sp³-hybridized carbons (Fsp3) is 0.333. The number of nitrogens with two attached hydrogens (primary N) is 1. The number of nitrogens with zero attached hydrogens (tertiary/aromatic N) is 5. The van der Waals surface area contributed by atoms with E-state index in [0.29, 0.717) is 17.2 Å². The zero-order valence-corrected chi connectivity index (χ0v) is 11.1. The molecule has 104 valence electrons. The molecule has 3 aromatic heterocycles. The zero-order valence-electron chi connectivity index (χ0n) is 11.1. The van der Waals surface area contributed by atoms with Crippen LogP contribution >= 0.6 is 0 Å². The van der Waals surface area contributed by atoms with Crippen LogP contribution in [0.3, 0.4) is 0 Å². The fourth-order valence-electron chi connectivity index (χ4n) is 1.81. The van der Waals surface area contributed by atoms with Gasteiger partial charge in [-0.1, -0.05) is 5.16 Å². The lowest BCUT2D eigenvalue weighted by molar-refractivity contribution is 0.354. The van der Waals surface area contributed by atoms with E-state index in [-0.39, 0.29) is 12.1 Å².